The van der Waals surface area contributed by atoms with Crippen LogP contribution in [0.15, 0.2) is 30.3 Å². The second-order valence-corrected chi connectivity index (χ2v) is 6.79. The second-order valence-electron chi connectivity index (χ2n) is 6.79. The number of hydrogen-bond acceptors (Lipinski definition) is 2. The third-order valence-electron chi connectivity index (χ3n) is 5.04. The Labute approximate surface area is 143 Å². The van der Waals surface area contributed by atoms with Gasteiger partial charge in [0, 0.05) is 25.6 Å². The van der Waals surface area contributed by atoms with E-state index in [1.807, 2.05) is 38.6 Å². The summed E-state index contributed by atoms with van der Waals surface area (Å²) in [6, 6.07) is 10.4. The smallest absolute Gasteiger partial charge is 0.321 e. The van der Waals surface area contributed by atoms with E-state index in [1.165, 1.54) is 5.56 Å². The number of carbonyl (C=O) groups is 1. The molecule has 0 bridgehead atoms. The highest BCUT2D eigenvalue weighted by Gasteiger charge is 2.45. The lowest BCUT2D eigenvalue weighted by atomic mass is 9.95. The van der Waals surface area contributed by atoms with Crippen LogP contribution in [0.25, 0.3) is 0 Å². The van der Waals surface area contributed by atoms with Crippen molar-refractivity contribution in [1.29, 1.82) is 0 Å². The zero-order valence-corrected chi connectivity index (χ0v) is 15.0. The van der Waals surface area contributed by atoms with Gasteiger partial charge in [-0.25, -0.2) is 4.79 Å². The fourth-order valence-corrected chi connectivity index (χ4v) is 3.39. The number of urea groups is 1. The molecule has 0 atom stereocenters. The molecular formula is C19H26N4O. The minimum Gasteiger partial charge on any atom is -0.327 e. The molecule has 1 N–H and O–H groups in total. The molecule has 1 aliphatic rings. The van der Waals surface area contributed by atoms with E-state index in [1.54, 1.807) is 4.90 Å². The van der Waals surface area contributed by atoms with Gasteiger partial charge >= 0.3 is 6.03 Å². The van der Waals surface area contributed by atoms with Crippen LogP contribution >= 0.6 is 0 Å². The molecule has 1 aromatic carbocycles. The number of aryl methyl sites for hydroxylation is 2. The number of amides is 2. The standard InChI is InChI=1S/C19H26N4O/c1-5-23-15(3)17(14(2)21-23)20-18(24)22(4)13-19(11-12-19)16-9-7-6-8-10-16/h6-10H,5,11-13H2,1-4H3,(H,20,24). The van der Waals surface area contributed by atoms with Crippen LogP contribution in [-0.4, -0.2) is 34.3 Å². The molecule has 0 saturated heterocycles. The Morgan fingerprint density at radius 1 is 1.29 bits per heavy atom. The summed E-state index contributed by atoms with van der Waals surface area (Å²) >= 11 is 0. The SMILES string of the molecule is CCn1nc(C)c(NC(=O)N(C)CC2(c3ccccc3)CC2)c1C. The van der Waals surface area contributed by atoms with E-state index >= 15 is 0 Å². The van der Waals surface area contributed by atoms with E-state index in [2.05, 4.69) is 34.7 Å². The first-order chi connectivity index (χ1) is 11.5. The minimum absolute atomic E-state index is 0.0703. The van der Waals surface area contributed by atoms with Crippen LogP contribution in [0.4, 0.5) is 10.5 Å². The number of aromatic nitrogens is 2. The minimum atomic E-state index is -0.0703. The van der Waals surface area contributed by atoms with Crippen molar-refractivity contribution in [3.05, 3.63) is 47.3 Å². The van der Waals surface area contributed by atoms with Crippen molar-refractivity contribution in [2.75, 3.05) is 18.9 Å². The first kappa shape index (κ1) is 16.6. The van der Waals surface area contributed by atoms with Crippen LogP contribution in [-0.2, 0) is 12.0 Å². The normalized spacial score (nSPS) is 15.2. The highest BCUT2D eigenvalue weighted by atomic mass is 16.2. The molecule has 0 aliphatic heterocycles. The van der Waals surface area contributed by atoms with Crippen molar-refractivity contribution in [1.82, 2.24) is 14.7 Å². The van der Waals surface area contributed by atoms with Crippen molar-refractivity contribution in [2.24, 2.45) is 0 Å². The molecular weight excluding hydrogens is 300 g/mol. The molecule has 128 valence electrons. The highest BCUT2D eigenvalue weighted by Crippen LogP contribution is 2.48. The molecule has 5 heteroatoms. The monoisotopic (exact) mass is 326 g/mol. The molecule has 1 aromatic heterocycles. The van der Waals surface area contributed by atoms with E-state index in [0.29, 0.717) is 0 Å². The molecule has 3 rings (SSSR count). The predicted octanol–water partition coefficient (Wildman–Crippen LogP) is 3.72. The molecule has 2 aromatic rings. The summed E-state index contributed by atoms with van der Waals surface area (Å²) in [7, 11) is 1.87. The molecule has 0 unspecified atom stereocenters. The van der Waals surface area contributed by atoms with E-state index < -0.39 is 0 Å². The third kappa shape index (κ3) is 3.03. The summed E-state index contributed by atoms with van der Waals surface area (Å²) in [6.07, 6.45) is 2.28. The number of hydrogen-bond donors (Lipinski definition) is 1. The van der Waals surface area contributed by atoms with Gasteiger partial charge in [-0.05, 0) is 39.2 Å². The maximum atomic E-state index is 12.6. The lowest BCUT2D eigenvalue weighted by Gasteiger charge is -2.24. The van der Waals surface area contributed by atoms with Gasteiger partial charge in [0.15, 0.2) is 0 Å². The van der Waals surface area contributed by atoms with Crippen molar-refractivity contribution in [2.45, 2.75) is 45.6 Å². The Morgan fingerprint density at radius 3 is 2.50 bits per heavy atom. The van der Waals surface area contributed by atoms with Gasteiger partial charge in [0.1, 0.15) is 0 Å². The second kappa shape index (κ2) is 6.30. The Balaban J connectivity index is 1.69. The average molecular weight is 326 g/mol. The van der Waals surface area contributed by atoms with Crippen LogP contribution in [0.5, 0.6) is 0 Å². The average Bonchev–Trinajstić information content (AvgIpc) is 3.32. The summed E-state index contributed by atoms with van der Waals surface area (Å²) in [4.78, 5) is 14.4. The molecule has 1 fully saturated rings. The molecule has 1 saturated carbocycles. The molecule has 2 amide bonds. The van der Waals surface area contributed by atoms with Crippen molar-refractivity contribution in [3.8, 4) is 0 Å². The van der Waals surface area contributed by atoms with Crippen molar-refractivity contribution < 1.29 is 4.79 Å². The number of nitrogens with zero attached hydrogens (tertiary/aromatic N) is 3. The third-order valence-corrected chi connectivity index (χ3v) is 5.04. The molecule has 5 nitrogen and oxygen atoms in total. The number of anilines is 1. The first-order valence-corrected chi connectivity index (χ1v) is 8.58. The van der Waals surface area contributed by atoms with E-state index in [0.717, 1.165) is 43.0 Å². The summed E-state index contributed by atoms with van der Waals surface area (Å²) < 4.78 is 1.91. The summed E-state index contributed by atoms with van der Waals surface area (Å²) in [5.41, 5.74) is 4.15. The van der Waals surface area contributed by atoms with Crippen LogP contribution in [0.3, 0.4) is 0 Å². The van der Waals surface area contributed by atoms with Crippen molar-refractivity contribution in [3.63, 3.8) is 0 Å². The van der Waals surface area contributed by atoms with Crippen molar-refractivity contribution >= 4 is 11.7 Å². The molecule has 1 aliphatic carbocycles. The number of rotatable bonds is 5. The molecule has 0 spiro atoms. The molecule has 24 heavy (non-hydrogen) atoms. The Hall–Kier alpha value is -2.30. The Morgan fingerprint density at radius 2 is 1.96 bits per heavy atom. The fourth-order valence-electron chi connectivity index (χ4n) is 3.39. The zero-order valence-electron chi connectivity index (χ0n) is 15.0. The van der Waals surface area contributed by atoms with Gasteiger partial charge in [0.2, 0.25) is 0 Å². The molecule has 0 radical (unpaired) electrons. The number of likely N-dealkylation sites (N-methyl/N-ethyl adjacent to an activating group) is 1. The van der Waals surface area contributed by atoms with Gasteiger partial charge in [-0.1, -0.05) is 30.3 Å². The van der Waals surface area contributed by atoms with Gasteiger partial charge in [0.25, 0.3) is 0 Å². The van der Waals surface area contributed by atoms with Crippen LogP contribution < -0.4 is 5.32 Å². The van der Waals surface area contributed by atoms with Gasteiger partial charge in [-0.2, -0.15) is 5.10 Å². The quantitative estimate of drug-likeness (QED) is 0.910. The summed E-state index contributed by atoms with van der Waals surface area (Å²) in [5, 5.41) is 7.50. The Bertz CT molecular complexity index is 731. The van der Waals surface area contributed by atoms with E-state index in [-0.39, 0.29) is 11.4 Å². The lowest BCUT2D eigenvalue weighted by molar-refractivity contribution is 0.218. The summed E-state index contributed by atoms with van der Waals surface area (Å²) in [6.45, 7) is 7.51. The van der Waals surface area contributed by atoms with Gasteiger partial charge < -0.3 is 10.2 Å². The van der Waals surface area contributed by atoms with E-state index in [4.69, 9.17) is 0 Å². The highest BCUT2D eigenvalue weighted by molar-refractivity contribution is 5.90. The Kier molecular flexibility index (Phi) is 4.35. The fraction of sp³-hybridized carbons (Fsp3) is 0.474. The number of nitrogens with one attached hydrogen (secondary N) is 1. The van der Waals surface area contributed by atoms with Gasteiger partial charge in [0.05, 0.1) is 17.1 Å². The lowest BCUT2D eigenvalue weighted by Crippen LogP contribution is -2.37. The van der Waals surface area contributed by atoms with Crippen LogP contribution in [0.2, 0.25) is 0 Å². The maximum absolute atomic E-state index is 12.6. The number of benzene rings is 1. The molecule has 1 heterocycles. The first-order valence-electron chi connectivity index (χ1n) is 8.58. The van der Waals surface area contributed by atoms with Crippen LogP contribution in [0, 0.1) is 13.8 Å². The van der Waals surface area contributed by atoms with Gasteiger partial charge in [-0.3, -0.25) is 4.68 Å². The van der Waals surface area contributed by atoms with Crippen LogP contribution in [0.1, 0.15) is 36.7 Å². The zero-order chi connectivity index (χ0) is 17.3. The maximum Gasteiger partial charge on any atom is 0.321 e. The number of carbonyl (C=O) groups excluding carboxylic acids is 1. The van der Waals surface area contributed by atoms with E-state index in [9.17, 15) is 4.79 Å². The predicted molar refractivity (Wildman–Crippen MR) is 96.4 cm³/mol. The summed E-state index contributed by atoms with van der Waals surface area (Å²) in [5.74, 6) is 0. The topological polar surface area (TPSA) is 50.2 Å². The largest absolute Gasteiger partial charge is 0.327 e. The van der Waals surface area contributed by atoms with Gasteiger partial charge in [-0.15, -0.1) is 0 Å².